The number of hydrogen-bond acceptors (Lipinski definition) is 6. The van der Waals surface area contributed by atoms with Gasteiger partial charge < -0.3 is 19.1 Å². The van der Waals surface area contributed by atoms with Gasteiger partial charge in [-0.25, -0.2) is 4.98 Å². The third kappa shape index (κ3) is 3.74. The quantitative estimate of drug-likeness (QED) is 0.624. The first kappa shape index (κ1) is 19.5. The second-order valence-electron chi connectivity index (χ2n) is 7.02. The summed E-state index contributed by atoms with van der Waals surface area (Å²) in [5.74, 6) is 1.67. The third-order valence-electron chi connectivity index (χ3n) is 5.28. The van der Waals surface area contributed by atoms with Crippen molar-refractivity contribution in [1.82, 2.24) is 9.88 Å². The van der Waals surface area contributed by atoms with Crippen molar-refractivity contribution in [2.75, 3.05) is 34.4 Å². The Morgan fingerprint density at radius 2 is 1.83 bits per heavy atom. The van der Waals surface area contributed by atoms with Crippen molar-refractivity contribution < 1.29 is 19.0 Å². The molecule has 1 fully saturated rings. The summed E-state index contributed by atoms with van der Waals surface area (Å²) < 4.78 is 17.3. The van der Waals surface area contributed by atoms with Gasteiger partial charge in [0.05, 0.1) is 36.6 Å². The highest BCUT2D eigenvalue weighted by Crippen LogP contribution is 2.39. The van der Waals surface area contributed by atoms with Gasteiger partial charge in [0.15, 0.2) is 11.5 Å². The summed E-state index contributed by atoms with van der Waals surface area (Å²) in [6, 6.07) is 11.6. The number of rotatable bonds is 5. The molecule has 0 radical (unpaired) electrons. The Labute approximate surface area is 174 Å². The van der Waals surface area contributed by atoms with E-state index in [0.29, 0.717) is 29.4 Å². The number of fused-ring (bicyclic) bond motifs is 1. The normalized spacial score (nSPS) is 16.7. The fourth-order valence-electron chi connectivity index (χ4n) is 3.81. The number of carbonyl (C=O) groups excluding carboxylic acids is 1. The number of likely N-dealkylation sites (tertiary alicyclic amines) is 1. The number of benzene rings is 2. The Morgan fingerprint density at radius 3 is 2.48 bits per heavy atom. The highest BCUT2D eigenvalue weighted by molar-refractivity contribution is 7.18. The van der Waals surface area contributed by atoms with Crippen LogP contribution in [0.2, 0.25) is 0 Å². The maximum Gasteiger partial charge on any atom is 0.254 e. The van der Waals surface area contributed by atoms with E-state index in [1.165, 1.54) is 4.70 Å². The summed E-state index contributed by atoms with van der Waals surface area (Å²) in [5, 5.41) is 1.11. The molecule has 29 heavy (non-hydrogen) atoms. The van der Waals surface area contributed by atoms with Crippen LogP contribution in [0.5, 0.6) is 17.2 Å². The molecule has 1 aromatic heterocycles. The molecule has 2 aromatic carbocycles. The molecule has 2 heterocycles. The molecule has 1 aliphatic rings. The van der Waals surface area contributed by atoms with Crippen LogP contribution >= 0.6 is 11.3 Å². The van der Waals surface area contributed by atoms with Crippen molar-refractivity contribution in [3.63, 3.8) is 0 Å². The molecule has 1 aliphatic heterocycles. The molecule has 1 saturated heterocycles. The number of amides is 1. The van der Waals surface area contributed by atoms with Crippen molar-refractivity contribution in [2.24, 2.45) is 0 Å². The number of nitrogens with zero attached hydrogens (tertiary/aromatic N) is 2. The molecule has 0 unspecified atom stereocenters. The number of methoxy groups -OCH3 is 3. The summed E-state index contributed by atoms with van der Waals surface area (Å²) >= 11 is 1.72. The summed E-state index contributed by atoms with van der Waals surface area (Å²) in [6.45, 7) is 1.40. The van der Waals surface area contributed by atoms with Gasteiger partial charge in [0, 0.05) is 24.6 Å². The van der Waals surface area contributed by atoms with Gasteiger partial charge in [0.2, 0.25) is 5.75 Å². The highest BCUT2D eigenvalue weighted by Gasteiger charge is 2.28. The summed E-state index contributed by atoms with van der Waals surface area (Å²) in [4.78, 5) is 19.9. The standard InChI is InChI=1S/C22H24N2O4S/c1-26-17-11-15(12-18(27-2)20(17)28-3)22(25)24-10-6-7-14(13-24)21-23-16-8-4-5-9-19(16)29-21/h4-5,8-9,11-12,14H,6-7,10,13H2,1-3H3/t14-/m0/s1. The molecule has 0 bridgehead atoms. The molecule has 6 nitrogen and oxygen atoms in total. The number of aromatic nitrogens is 1. The Morgan fingerprint density at radius 1 is 1.10 bits per heavy atom. The zero-order valence-corrected chi connectivity index (χ0v) is 17.6. The zero-order valence-electron chi connectivity index (χ0n) is 16.8. The lowest BCUT2D eigenvalue weighted by Gasteiger charge is -2.32. The van der Waals surface area contributed by atoms with E-state index < -0.39 is 0 Å². The van der Waals surface area contributed by atoms with Gasteiger partial charge in [0.1, 0.15) is 0 Å². The molecule has 1 amide bonds. The maximum absolute atomic E-state index is 13.2. The summed E-state index contributed by atoms with van der Waals surface area (Å²) in [6.07, 6.45) is 2.00. The van der Waals surface area contributed by atoms with E-state index in [2.05, 4.69) is 6.07 Å². The fourth-order valence-corrected chi connectivity index (χ4v) is 4.91. The zero-order chi connectivity index (χ0) is 20.4. The van der Waals surface area contributed by atoms with Crippen LogP contribution in [0, 0.1) is 0 Å². The number of thiazole rings is 1. The van der Waals surface area contributed by atoms with E-state index in [1.807, 2.05) is 23.1 Å². The van der Waals surface area contributed by atoms with Crippen LogP contribution in [0.4, 0.5) is 0 Å². The topological polar surface area (TPSA) is 60.9 Å². The van der Waals surface area contributed by atoms with E-state index in [4.69, 9.17) is 19.2 Å². The lowest BCUT2D eigenvalue weighted by Crippen LogP contribution is -2.39. The average molecular weight is 413 g/mol. The van der Waals surface area contributed by atoms with Gasteiger partial charge in [-0.1, -0.05) is 12.1 Å². The number of piperidine rings is 1. The molecule has 0 saturated carbocycles. The van der Waals surface area contributed by atoms with Crippen LogP contribution in [0.1, 0.15) is 34.1 Å². The molecular formula is C22H24N2O4S. The first-order valence-corrected chi connectivity index (χ1v) is 10.4. The van der Waals surface area contributed by atoms with E-state index in [-0.39, 0.29) is 11.8 Å². The fraction of sp³-hybridized carbons (Fsp3) is 0.364. The summed E-state index contributed by atoms with van der Waals surface area (Å²) in [7, 11) is 4.65. The maximum atomic E-state index is 13.2. The van der Waals surface area contributed by atoms with Crippen molar-refractivity contribution >= 4 is 27.5 Å². The van der Waals surface area contributed by atoms with Crippen LogP contribution in [-0.2, 0) is 0 Å². The first-order chi connectivity index (χ1) is 14.1. The largest absolute Gasteiger partial charge is 0.493 e. The second-order valence-corrected chi connectivity index (χ2v) is 8.09. The van der Waals surface area contributed by atoms with Crippen molar-refractivity contribution in [2.45, 2.75) is 18.8 Å². The number of para-hydroxylation sites is 1. The minimum atomic E-state index is -0.0323. The Hall–Kier alpha value is -2.80. The van der Waals surface area contributed by atoms with Crippen LogP contribution in [0.3, 0.4) is 0 Å². The number of carbonyl (C=O) groups is 1. The van der Waals surface area contributed by atoms with Gasteiger partial charge in [0.25, 0.3) is 5.91 Å². The number of ether oxygens (including phenoxy) is 3. The molecule has 152 valence electrons. The highest BCUT2D eigenvalue weighted by atomic mass is 32.1. The van der Waals surface area contributed by atoms with Gasteiger partial charge in [-0.05, 0) is 37.1 Å². The molecule has 3 aromatic rings. The third-order valence-corrected chi connectivity index (χ3v) is 6.48. The van der Waals surface area contributed by atoms with Crippen molar-refractivity contribution in [1.29, 1.82) is 0 Å². The van der Waals surface area contributed by atoms with Gasteiger partial charge >= 0.3 is 0 Å². The summed E-state index contributed by atoms with van der Waals surface area (Å²) in [5.41, 5.74) is 1.56. The van der Waals surface area contributed by atoms with Crippen molar-refractivity contribution in [3.05, 3.63) is 47.0 Å². The smallest absolute Gasteiger partial charge is 0.254 e. The van der Waals surface area contributed by atoms with Gasteiger partial charge in [-0.2, -0.15) is 0 Å². The molecule has 7 heteroatoms. The van der Waals surface area contributed by atoms with Gasteiger partial charge in [-0.3, -0.25) is 4.79 Å². The van der Waals surface area contributed by atoms with Crippen molar-refractivity contribution in [3.8, 4) is 17.2 Å². The lowest BCUT2D eigenvalue weighted by atomic mass is 9.98. The van der Waals surface area contributed by atoms with Crippen LogP contribution < -0.4 is 14.2 Å². The molecule has 0 spiro atoms. The molecule has 0 aliphatic carbocycles. The van der Waals surface area contributed by atoms with E-state index >= 15 is 0 Å². The predicted molar refractivity (Wildman–Crippen MR) is 114 cm³/mol. The monoisotopic (exact) mass is 412 g/mol. The molecule has 0 N–H and O–H groups in total. The SMILES string of the molecule is COc1cc(C(=O)N2CCC[C@H](c3nc4ccccc4s3)C2)cc(OC)c1OC. The van der Waals surface area contributed by atoms with E-state index in [1.54, 1.807) is 44.8 Å². The molecule has 4 rings (SSSR count). The van der Waals surface area contributed by atoms with Crippen LogP contribution in [0.25, 0.3) is 10.2 Å². The van der Waals surface area contributed by atoms with Crippen LogP contribution in [0.15, 0.2) is 36.4 Å². The average Bonchev–Trinajstić information content (AvgIpc) is 3.22. The van der Waals surface area contributed by atoms with Crippen LogP contribution in [-0.4, -0.2) is 50.2 Å². The molecular weight excluding hydrogens is 388 g/mol. The Kier molecular flexibility index (Phi) is 5.58. The van der Waals surface area contributed by atoms with E-state index in [9.17, 15) is 4.79 Å². The number of hydrogen-bond donors (Lipinski definition) is 0. The lowest BCUT2D eigenvalue weighted by molar-refractivity contribution is 0.0706. The Balaban J connectivity index is 1.59. The molecule has 1 atom stereocenters. The minimum Gasteiger partial charge on any atom is -0.493 e. The predicted octanol–water partition coefficient (Wildman–Crippen LogP) is 4.34. The Bertz CT molecular complexity index is 975. The minimum absolute atomic E-state index is 0.0323. The second kappa shape index (κ2) is 8.29. The van der Waals surface area contributed by atoms with Gasteiger partial charge in [-0.15, -0.1) is 11.3 Å². The first-order valence-electron chi connectivity index (χ1n) is 9.59. The van der Waals surface area contributed by atoms with E-state index in [0.717, 1.165) is 29.9 Å².